The Kier molecular flexibility index (Phi) is 9.26. The minimum atomic E-state index is -0.245. The number of oxazole rings is 1. The van der Waals surface area contributed by atoms with E-state index in [-0.39, 0.29) is 36.8 Å². The van der Waals surface area contributed by atoms with Crippen molar-refractivity contribution >= 4 is 30.7 Å². The van der Waals surface area contributed by atoms with Crippen molar-refractivity contribution in [3.63, 3.8) is 0 Å². The summed E-state index contributed by atoms with van der Waals surface area (Å²) in [5.41, 5.74) is 8.12. The van der Waals surface area contributed by atoms with E-state index in [0.717, 1.165) is 49.1 Å². The van der Waals surface area contributed by atoms with Crippen molar-refractivity contribution in [1.29, 1.82) is 0 Å². The van der Waals surface area contributed by atoms with Crippen LogP contribution in [0.2, 0.25) is 0 Å². The molecule has 27 heavy (non-hydrogen) atoms. The molecule has 1 aromatic carbocycles. The molecular formula is C19H28Cl2N4O2. The lowest BCUT2D eigenvalue weighted by Crippen LogP contribution is -2.48. The van der Waals surface area contributed by atoms with Crippen molar-refractivity contribution in [2.24, 2.45) is 5.73 Å². The van der Waals surface area contributed by atoms with E-state index in [1.807, 2.05) is 49.1 Å². The van der Waals surface area contributed by atoms with Crippen LogP contribution >= 0.6 is 24.8 Å². The molecule has 1 amide bonds. The van der Waals surface area contributed by atoms with Crippen molar-refractivity contribution in [2.75, 3.05) is 26.2 Å². The third-order valence-electron chi connectivity index (χ3n) is 4.78. The molecule has 1 aliphatic heterocycles. The summed E-state index contributed by atoms with van der Waals surface area (Å²) in [6, 6.07) is 9.54. The molecule has 1 unspecified atom stereocenters. The molecule has 8 heteroatoms. The van der Waals surface area contributed by atoms with E-state index in [4.69, 9.17) is 10.2 Å². The van der Waals surface area contributed by atoms with Crippen molar-refractivity contribution in [2.45, 2.75) is 32.9 Å². The number of amides is 1. The number of halogens is 2. The number of aromatic nitrogens is 1. The first-order valence-electron chi connectivity index (χ1n) is 8.76. The second kappa shape index (κ2) is 10.7. The van der Waals surface area contributed by atoms with Gasteiger partial charge in [-0.05, 0) is 19.4 Å². The van der Waals surface area contributed by atoms with Gasteiger partial charge in [-0.2, -0.15) is 0 Å². The fourth-order valence-corrected chi connectivity index (χ4v) is 3.09. The first kappa shape index (κ1) is 23.4. The second-order valence-electron chi connectivity index (χ2n) is 6.63. The van der Waals surface area contributed by atoms with E-state index in [2.05, 4.69) is 9.88 Å². The van der Waals surface area contributed by atoms with Crippen molar-refractivity contribution in [1.82, 2.24) is 14.8 Å². The molecule has 0 radical (unpaired) electrons. The van der Waals surface area contributed by atoms with Gasteiger partial charge in [0.1, 0.15) is 5.76 Å². The molecule has 3 rings (SSSR count). The van der Waals surface area contributed by atoms with Crippen LogP contribution < -0.4 is 5.73 Å². The Balaban J connectivity index is 0.00000182. The van der Waals surface area contributed by atoms with Gasteiger partial charge in [-0.25, -0.2) is 4.98 Å². The molecule has 0 spiro atoms. The summed E-state index contributed by atoms with van der Waals surface area (Å²) in [5, 5.41) is 0. The third kappa shape index (κ3) is 6.21. The monoisotopic (exact) mass is 414 g/mol. The van der Waals surface area contributed by atoms with Gasteiger partial charge in [0.05, 0.1) is 12.2 Å². The zero-order valence-electron chi connectivity index (χ0n) is 15.8. The standard InChI is InChI=1S/C19H26N4O2.2ClH/c1-14-15(2)25-18(21-14)13-22-8-10-23(11-9-22)19(24)12-17(20)16-6-4-3-5-7-16;;/h3-7,17H,8-13,20H2,1-2H3;2*1H. The number of hydrogen-bond donors (Lipinski definition) is 1. The lowest BCUT2D eigenvalue weighted by molar-refractivity contribution is -0.133. The largest absolute Gasteiger partial charge is 0.444 e. The highest BCUT2D eigenvalue weighted by Gasteiger charge is 2.24. The molecule has 1 fully saturated rings. The topological polar surface area (TPSA) is 75.6 Å². The summed E-state index contributed by atoms with van der Waals surface area (Å²) in [4.78, 5) is 21.1. The van der Waals surface area contributed by atoms with E-state index in [1.165, 1.54) is 0 Å². The van der Waals surface area contributed by atoms with Crippen LogP contribution in [-0.2, 0) is 11.3 Å². The zero-order valence-corrected chi connectivity index (χ0v) is 17.4. The predicted octanol–water partition coefficient (Wildman–Crippen LogP) is 2.87. The molecule has 1 saturated heterocycles. The fraction of sp³-hybridized carbons (Fsp3) is 0.474. The third-order valence-corrected chi connectivity index (χ3v) is 4.78. The Hall–Kier alpha value is -1.60. The Bertz CT molecular complexity index is 696. The quantitative estimate of drug-likeness (QED) is 0.813. The maximum atomic E-state index is 12.5. The Morgan fingerprint density at radius 3 is 2.33 bits per heavy atom. The Morgan fingerprint density at radius 1 is 1.15 bits per heavy atom. The summed E-state index contributed by atoms with van der Waals surface area (Å²) in [6.45, 7) is 7.67. The summed E-state index contributed by atoms with van der Waals surface area (Å²) in [7, 11) is 0. The van der Waals surface area contributed by atoms with Crippen LogP contribution in [-0.4, -0.2) is 46.9 Å². The molecule has 150 valence electrons. The second-order valence-corrected chi connectivity index (χ2v) is 6.63. The molecule has 0 aliphatic carbocycles. The highest BCUT2D eigenvalue weighted by Crippen LogP contribution is 2.17. The Labute approximate surface area is 172 Å². The number of aryl methyl sites for hydroxylation is 2. The van der Waals surface area contributed by atoms with E-state index >= 15 is 0 Å². The molecule has 1 aromatic heterocycles. The van der Waals surface area contributed by atoms with Crippen molar-refractivity contribution < 1.29 is 9.21 Å². The number of nitrogens with two attached hydrogens (primary N) is 1. The average molecular weight is 415 g/mol. The van der Waals surface area contributed by atoms with Crippen LogP contribution in [0, 0.1) is 13.8 Å². The number of nitrogens with zero attached hydrogens (tertiary/aromatic N) is 3. The number of benzene rings is 1. The van der Waals surface area contributed by atoms with Gasteiger partial charge >= 0.3 is 0 Å². The van der Waals surface area contributed by atoms with Gasteiger partial charge < -0.3 is 15.1 Å². The van der Waals surface area contributed by atoms with Crippen molar-refractivity contribution in [3.05, 3.63) is 53.2 Å². The van der Waals surface area contributed by atoms with E-state index in [0.29, 0.717) is 13.0 Å². The molecule has 2 heterocycles. The average Bonchev–Trinajstić information content (AvgIpc) is 2.93. The molecular weight excluding hydrogens is 387 g/mol. The number of carbonyl (C=O) groups excluding carboxylic acids is 1. The summed E-state index contributed by atoms with van der Waals surface area (Å²) in [6.07, 6.45) is 0.349. The zero-order chi connectivity index (χ0) is 17.8. The van der Waals surface area contributed by atoms with Crippen LogP contribution in [0.1, 0.15) is 35.4 Å². The summed E-state index contributed by atoms with van der Waals surface area (Å²) in [5.74, 6) is 1.75. The van der Waals surface area contributed by atoms with E-state index in [1.54, 1.807) is 0 Å². The van der Waals surface area contributed by atoms with Crippen LogP contribution in [0.3, 0.4) is 0 Å². The first-order chi connectivity index (χ1) is 12.0. The van der Waals surface area contributed by atoms with Crippen LogP contribution in [0.15, 0.2) is 34.7 Å². The van der Waals surface area contributed by atoms with E-state index in [9.17, 15) is 4.79 Å². The number of hydrogen-bond acceptors (Lipinski definition) is 5. The van der Waals surface area contributed by atoms with Crippen LogP contribution in [0.5, 0.6) is 0 Å². The predicted molar refractivity (Wildman–Crippen MR) is 110 cm³/mol. The molecule has 1 aliphatic rings. The SMILES string of the molecule is Cc1nc(CN2CCN(C(=O)CC(N)c3ccccc3)CC2)oc1C.Cl.Cl. The number of rotatable bonds is 5. The number of piperazine rings is 1. The van der Waals surface area contributed by atoms with Gasteiger partial charge in [0.25, 0.3) is 0 Å². The molecule has 2 N–H and O–H groups in total. The van der Waals surface area contributed by atoms with Gasteiger partial charge in [0.2, 0.25) is 11.8 Å². The van der Waals surface area contributed by atoms with Crippen LogP contribution in [0.25, 0.3) is 0 Å². The lowest BCUT2D eigenvalue weighted by Gasteiger charge is -2.34. The fourth-order valence-electron chi connectivity index (χ4n) is 3.09. The molecule has 1 atom stereocenters. The number of carbonyl (C=O) groups is 1. The summed E-state index contributed by atoms with van der Waals surface area (Å²) >= 11 is 0. The van der Waals surface area contributed by atoms with Gasteiger partial charge in [-0.3, -0.25) is 9.69 Å². The maximum absolute atomic E-state index is 12.5. The highest BCUT2D eigenvalue weighted by molar-refractivity contribution is 5.85. The first-order valence-corrected chi connectivity index (χ1v) is 8.76. The van der Waals surface area contributed by atoms with Crippen molar-refractivity contribution in [3.8, 4) is 0 Å². The highest BCUT2D eigenvalue weighted by atomic mass is 35.5. The van der Waals surface area contributed by atoms with Gasteiger partial charge in [0, 0.05) is 38.6 Å². The molecule has 0 bridgehead atoms. The van der Waals surface area contributed by atoms with E-state index < -0.39 is 0 Å². The minimum Gasteiger partial charge on any atom is -0.444 e. The molecule has 6 nitrogen and oxygen atoms in total. The van der Waals surface area contributed by atoms with Gasteiger partial charge in [0.15, 0.2) is 0 Å². The molecule has 0 saturated carbocycles. The normalized spacial score (nSPS) is 15.6. The van der Waals surface area contributed by atoms with Gasteiger partial charge in [-0.1, -0.05) is 30.3 Å². The lowest BCUT2D eigenvalue weighted by atomic mass is 10.0. The minimum absolute atomic E-state index is 0. The smallest absolute Gasteiger partial charge is 0.224 e. The Morgan fingerprint density at radius 2 is 1.78 bits per heavy atom. The summed E-state index contributed by atoms with van der Waals surface area (Å²) < 4.78 is 5.64. The maximum Gasteiger partial charge on any atom is 0.224 e. The van der Waals surface area contributed by atoms with Gasteiger partial charge in [-0.15, -0.1) is 24.8 Å². The molecule has 2 aromatic rings. The van der Waals surface area contributed by atoms with Crippen LogP contribution in [0.4, 0.5) is 0 Å².